The third-order valence-corrected chi connectivity index (χ3v) is 3.10. The van der Waals surface area contributed by atoms with Gasteiger partial charge >= 0.3 is 0 Å². The van der Waals surface area contributed by atoms with Gasteiger partial charge in [0.2, 0.25) is 0 Å². The number of ether oxygens (including phenoxy) is 1. The molecular weight excluding hydrogens is 196 g/mol. The molecule has 0 unspecified atom stereocenters. The van der Waals surface area contributed by atoms with Gasteiger partial charge in [-0.3, -0.25) is 0 Å². The van der Waals surface area contributed by atoms with E-state index in [1.807, 2.05) is 27.7 Å². The van der Waals surface area contributed by atoms with E-state index in [1.54, 1.807) is 0 Å². The topological polar surface area (TPSA) is 69.9 Å². The van der Waals surface area contributed by atoms with E-state index in [0.29, 0.717) is 0 Å². The van der Waals surface area contributed by atoms with E-state index in [2.05, 4.69) is 0 Å². The van der Waals surface area contributed by atoms with Crippen molar-refractivity contribution in [1.82, 2.24) is 0 Å². The average molecular weight is 218 g/mol. The van der Waals surface area contributed by atoms with Gasteiger partial charge in [0.15, 0.2) is 0 Å². The highest BCUT2D eigenvalue weighted by Gasteiger charge is 2.45. The Morgan fingerprint density at radius 3 is 2.07 bits per heavy atom. The average Bonchev–Trinajstić information content (AvgIpc) is 2.13. The van der Waals surface area contributed by atoms with Crippen LogP contribution in [0.15, 0.2) is 0 Å². The Morgan fingerprint density at radius 2 is 1.67 bits per heavy atom. The van der Waals surface area contributed by atoms with Crippen LogP contribution in [0.3, 0.4) is 0 Å². The summed E-state index contributed by atoms with van der Waals surface area (Å²) < 4.78 is 5.63. The van der Waals surface area contributed by atoms with Crippen LogP contribution in [0.1, 0.15) is 27.7 Å². The van der Waals surface area contributed by atoms with Crippen molar-refractivity contribution in [2.75, 3.05) is 6.61 Å². The molecule has 1 aliphatic heterocycles. The van der Waals surface area contributed by atoms with Crippen molar-refractivity contribution in [2.24, 2.45) is 11.3 Å². The first-order valence-corrected chi connectivity index (χ1v) is 5.41. The summed E-state index contributed by atoms with van der Waals surface area (Å²) in [6, 6.07) is 0. The molecule has 0 saturated carbocycles. The van der Waals surface area contributed by atoms with Gasteiger partial charge in [0.05, 0.1) is 18.8 Å². The second kappa shape index (κ2) is 4.37. The second-order valence-electron chi connectivity index (χ2n) is 5.48. The van der Waals surface area contributed by atoms with Gasteiger partial charge in [0.1, 0.15) is 12.2 Å². The molecule has 3 N–H and O–H groups in total. The molecule has 4 heteroatoms. The smallest absolute Gasteiger partial charge is 0.109 e. The molecule has 0 aromatic carbocycles. The predicted octanol–water partition coefficient (Wildman–Crippen LogP) is 0.150. The van der Waals surface area contributed by atoms with Gasteiger partial charge in [-0.25, -0.2) is 0 Å². The maximum Gasteiger partial charge on any atom is 0.109 e. The minimum atomic E-state index is -0.997. The quantitative estimate of drug-likeness (QED) is 0.586. The zero-order valence-electron chi connectivity index (χ0n) is 9.84. The lowest BCUT2D eigenvalue weighted by atomic mass is 9.76. The monoisotopic (exact) mass is 218 g/mol. The second-order valence-corrected chi connectivity index (χ2v) is 5.48. The summed E-state index contributed by atoms with van der Waals surface area (Å²) in [4.78, 5) is 0. The maximum absolute atomic E-state index is 9.84. The summed E-state index contributed by atoms with van der Waals surface area (Å²) in [7, 11) is 0. The van der Waals surface area contributed by atoms with Crippen molar-refractivity contribution in [3.05, 3.63) is 0 Å². The lowest BCUT2D eigenvalue weighted by Crippen LogP contribution is -2.57. The van der Waals surface area contributed by atoms with Gasteiger partial charge in [0.25, 0.3) is 0 Å². The van der Waals surface area contributed by atoms with Crippen molar-refractivity contribution >= 4 is 0 Å². The van der Waals surface area contributed by atoms with E-state index in [-0.39, 0.29) is 24.0 Å². The first kappa shape index (κ1) is 12.9. The number of hydrogen-bond donors (Lipinski definition) is 3. The van der Waals surface area contributed by atoms with Gasteiger partial charge in [-0.2, -0.15) is 0 Å². The Bertz CT molecular complexity index is 209. The number of hydrogen-bond acceptors (Lipinski definition) is 4. The van der Waals surface area contributed by atoms with Crippen molar-refractivity contribution < 1.29 is 20.1 Å². The summed E-state index contributed by atoms with van der Waals surface area (Å²) in [5.41, 5.74) is -0.117. The van der Waals surface area contributed by atoms with Crippen molar-refractivity contribution in [1.29, 1.82) is 0 Å². The number of rotatable bonds is 1. The van der Waals surface area contributed by atoms with Gasteiger partial charge in [0, 0.05) is 5.92 Å². The van der Waals surface area contributed by atoms with Crippen molar-refractivity contribution in [2.45, 2.75) is 52.1 Å². The van der Waals surface area contributed by atoms with Crippen LogP contribution in [0.25, 0.3) is 0 Å². The van der Waals surface area contributed by atoms with Crippen molar-refractivity contribution in [3.63, 3.8) is 0 Å². The Kier molecular flexibility index (Phi) is 3.76. The number of aliphatic hydroxyl groups is 3. The third kappa shape index (κ3) is 2.50. The summed E-state index contributed by atoms with van der Waals surface area (Å²) in [6.07, 6.45) is -2.67. The molecule has 1 aliphatic rings. The zero-order chi connectivity index (χ0) is 11.8. The molecule has 0 bridgehead atoms. The molecule has 1 rings (SSSR count). The molecule has 4 nitrogen and oxygen atoms in total. The molecule has 0 amide bonds. The minimum absolute atomic E-state index is 0.117. The predicted molar refractivity (Wildman–Crippen MR) is 56.4 cm³/mol. The zero-order valence-corrected chi connectivity index (χ0v) is 9.84. The van der Waals surface area contributed by atoms with Crippen LogP contribution in [0.4, 0.5) is 0 Å². The molecule has 15 heavy (non-hydrogen) atoms. The van der Waals surface area contributed by atoms with Crippen LogP contribution in [0.2, 0.25) is 0 Å². The molecule has 90 valence electrons. The lowest BCUT2D eigenvalue weighted by Gasteiger charge is -2.46. The lowest BCUT2D eigenvalue weighted by molar-refractivity contribution is -0.228. The summed E-state index contributed by atoms with van der Waals surface area (Å²) in [5.74, 6) is -0.136. The molecule has 1 heterocycles. The molecule has 0 aliphatic carbocycles. The van der Waals surface area contributed by atoms with Crippen LogP contribution >= 0.6 is 0 Å². The largest absolute Gasteiger partial charge is 0.394 e. The Hall–Kier alpha value is -0.160. The van der Waals surface area contributed by atoms with Crippen molar-refractivity contribution in [3.8, 4) is 0 Å². The summed E-state index contributed by atoms with van der Waals surface area (Å²) >= 11 is 0. The molecule has 1 saturated heterocycles. The van der Waals surface area contributed by atoms with E-state index in [9.17, 15) is 10.2 Å². The fourth-order valence-electron chi connectivity index (χ4n) is 2.25. The molecule has 0 radical (unpaired) electrons. The normalized spacial score (nSPS) is 43.0. The first-order chi connectivity index (χ1) is 6.79. The maximum atomic E-state index is 9.84. The third-order valence-electron chi connectivity index (χ3n) is 3.10. The minimum Gasteiger partial charge on any atom is -0.394 e. The SMILES string of the molecule is C[C@@H]1[C@@H](O)[C@H](O)[C@@H](CO)O[C@H]1C(C)(C)C. The highest BCUT2D eigenvalue weighted by Crippen LogP contribution is 2.36. The van der Waals surface area contributed by atoms with Crippen LogP contribution in [-0.2, 0) is 4.74 Å². The Morgan fingerprint density at radius 1 is 1.13 bits per heavy atom. The standard InChI is InChI=1S/C11H22O4/c1-6-8(13)9(14)7(5-12)15-10(6)11(2,3)4/h6-10,12-14H,5H2,1-4H3/t6-,7-,8-,9-,10-/m1/s1. The van der Waals surface area contributed by atoms with Gasteiger partial charge in [-0.05, 0) is 5.41 Å². The highest BCUT2D eigenvalue weighted by molar-refractivity contribution is 4.94. The number of aliphatic hydroxyl groups excluding tert-OH is 3. The molecular formula is C11H22O4. The van der Waals surface area contributed by atoms with E-state index in [0.717, 1.165) is 0 Å². The summed E-state index contributed by atoms with van der Waals surface area (Å²) in [6.45, 7) is 7.65. The van der Waals surface area contributed by atoms with E-state index >= 15 is 0 Å². The van der Waals surface area contributed by atoms with Crippen LogP contribution in [0, 0.1) is 11.3 Å². The Labute approximate surface area is 90.9 Å². The van der Waals surface area contributed by atoms with Gasteiger partial charge in [-0.15, -0.1) is 0 Å². The van der Waals surface area contributed by atoms with Gasteiger partial charge in [-0.1, -0.05) is 27.7 Å². The molecule has 1 fully saturated rings. The summed E-state index contributed by atoms with van der Waals surface area (Å²) in [5, 5.41) is 28.5. The van der Waals surface area contributed by atoms with Crippen LogP contribution in [0.5, 0.6) is 0 Å². The molecule has 0 aromatic heterocycles. The van der Waals surface area contributed by atoms with E-state index in [4.69, 9.17) is 9.84 Å². The van der Waals surface area contributed by atoms with E-state index < -0.39 is 18.3 Å². The van der Waals surface area contributed by atoms with Gasteiger partial charge < -0.3 is 20.1 Å². The highest BCUT2D eigenvalue weighted by atomic mass is 16.5. The Balaban J connectivity index is 2.83. The van der Waals surface area contributed by atoms with E-state index in [1.165, 1.54) is 0 Å². The fourth-order valence-corrected chi connectivity index (χ4v) is 2.25. The van der Waals surface area contributed by atoms with Crippen LogP contribution in [-0.4, -0.2) is 46.3 Å². The molecule has 0 aromatic rings. The van der Waals surface area contributed by atoms with Crippen LogP contribution < -0.4 is 0 Å². The first-order valence-electron chi connectivity index (χ1n) is 5.41. The fraction of sp³-hybridized carbons (Fsp3) is 1.00. The molecule has 5 atom stereocenters. The molecule has 0 spiro atoms.